The molecule has 2 heterocycles. The molecule has 1 aliphatic rings. The molecule has 0 bridgehead atoms. The molecule has 0 radical (unpaired) electrons. The Bertz CT molecular complexity index is 936. The van der Waals surface area contributed by atoms with Crippen LogP contribution in [0.2, 0.25) is 0 Å². The maximum Gasteiger partial charge on any atom is 0.262 e. The van der Waals surface area contributed by atoms with Crippen LogP contribution in [0.15, 0.2) is 54.7 Å². The SMILES string of the molecule is CC1CCc2ccccc2N1C(=O)c1cc2ncccc2cc1O. The number of hydrogen-bond acceptors (Lipinski definition) is 3. The number of pyridine rings is 1. The van der Waals surface area contributed by atoms with E-state index in [9.17, 15) is 9.90 Å². The fourth-order valence-electron chi connectivity index (χ4n) is 3.41. The van der Waals surface area contributed by atoms with Crippen molar-refractivity contribution in [2.45, 2.75) is 25.8 Å². The number of fused-ring (bicyclic) bond motifs is 2. The number of amides is 1. The molecule has 4 rings (SSSR count). The molecule has 0 aliphatic carbocycles. The van der Waals surface area contributed by atoms with Gasteiger partial charge in [0.25, 0.3) is 5.91 Å². The van der Waals surface area contributed by atoms with Crippen molar-refractivity contribution < 1.29 is 9.90 Å². The van der Waals surface area contributed by atoms with E-state index in [1.54, 1.807) is 23.2 Å². The minimum atomic E-state index is -0.181. The number of aryl methyl sites for hydroxylation is 1. The zero-order valence-corrected chi connectivity index (χ0v) is 13.4. The van der Waals surface area contributed by atoms with Gasteiger partial charge in [-0.2, -0.15) is 0 Å². The Morgan fingerprint density at radius 1 is 1.21 bits per heavy atom. The maximum absolute atomic E-state index is 13.2. The fraction of sp³-hybridized carbons (Fsp3) is 0.200. The number of carbonyl (C=O) groups excluding carboxylic acids is 1. The van der Waals surface area contributed by atoms with Crippen LogP contribution in [0.1, 0.15) is 29.3 Å². The van der Waals surface area contributed by atoms with Gasteiger partial charge in [-0.05, 0) is 49.6 Å². The normalized spacial score (nSPS) is 16.9. The molecule has 3 aromatic rings. The summed E-state index contributed by atoms with van der Waals surface area (Å²) in [7, 11) is 0. The van der Waals surface area contributed by atoms with E-state index in [-0.39, 0.29) is 17.7 Å². The number of phenolic OH excluding ortho intramolecular Hbond substituents is 1. The first-order valence-electron chi connectivity index (χ1n) is 8.14. The van der Waals surface area contributed by atoms with Gasteiger partial charge in [-0.15, -0.1) is 0 Å². The molecule has 120 valence electrons. The summed E-state index contributed by atoms with van der Waals surface area (Å²) in [5.74, 6) is -0.185. The van der Waals surface area contributed by atoms with Gasteiger partial charge in [0.1, 0.15) is 5.75 Å². The minimum Gasteiger partial charge on any atom is -0.507 e. The smallest absolute Gasteiger partial charge is 0.262 e. The van der Waals surface area contributed by atoms with Gasteiger partial charge in [0.15, 0.2) is 0 Å². The van der Waals surface area contributed by atoms with Crippen LogP contribution in [0.25, 0.3) is 10.9 Å². The molecule has 1 amide bonds. The van der Waals surface area contributed by atoms with Crippen molar-refractivity contribution in [2.75, 3.05) is 4.90 Å². The molecule has 0 fully saturated rings. The average Bonchev–Trinajstić information content (AvgIpc) is 2.60. The first kappa shape index (κ1) is 14.7. The Balaban J connectivity index is 1.83. The number of aromatic nitrogens is 1. The van der Waals surface area contributed by atoms with E-state index in [0.717, 1.165) is 23.9 Å². The summed E-state index contributed by atoms with van der Waals surface area (Å²) in [5, 5.41) is 11.2. The number of rotatable bonds is 1. The Morgan fingerprint density at radius 2 is 2.04 bits per heavy atom. The first-order valence-corrected chi connectivity index (χ1v) is 8.14. The van der Waals surface area contributed by atoms with Gasteiger partial charge >= 0.3 is 0 Å². The Kier molecular flexibility index (Phi) is 3.45. The molecule has 2 aromatic carbocycles. The number of para-hydroxylation sites is 1. The van der Waals surface area contributed by atoms with Crippen LogP contribution in [-0.4, -0.2) is 22.0 Å². The fourth-order valence-corrected chi connectivity index (χ4v) is 3.41. The third kappa shape index (κ3) is 2.31. The molecule has 1 N–H and O–H groups in total. The number of anilines is 1. The highest BCUT2D eigenvalue weighted by molar-refractivity contribution is 6.10. The molecule has 1 unspecified atom stereocenters. The third-order valence-electron chi connectivity index (χ3n) is 4.69. The summed E-state index contributed by atoms with van der Waals surface area (Å²) < 4.78 is 0. The van der Waals surface area contributed by atoms with E-state index in [1.807, 2.05) is 37.3 Å². The van der Waals surface area contributed by atoms with Gasteiger partial charge in [-0.1, -0.05) is 24.3 Å². The van der Waals surface area contributed by atoms with E-state index in [2.05, 4.69) is 11.1 Å². The Morgan fingerprint density at radius 3 is 2.92 bits per heavy atom. The van der Waals surface area contributed by atoms with Gasteiger partial charge in [0, 0.05) is 23.3 Å². The number of nitrogens with zero attached hydrogens (tertiary/aromatic N) is 2. The standard InChI is InChI=1S/C20H18N2O2/c1-13-8-9-14-5-2-3-7-18(14)22(13)20(24)16-12-17-15(11-19(16)23)6-4-10-21-17/h2-7,10-13,23H,8-9H2,1H3. The molecular weight excluding hydrogens is 300 g/mol. The van der Waals surface area contributed by atoms with Crippen LogP contribution in [0.4, 0.5) is 5.69 Å². The van der Waals surface area contributed by atoms with Crippen molar-refractivity contribution >= 4 is 22.5 Å². The predicted molar refractivity (Wildman–Crippen MR) is 94.4 cm³/mol. The van der Waals surface area contributed by atoms with Crippen molar-refractivity contribution in [1.82, 2.24) is 4.98 Å². The van der Waals surface area contributed by atoms with Gasteiger partial charge in [0.2, 0.25) is 0 Å². The van der Waals surface area contributed by atoms with Crippen LogP contribution in [-0.2, 0) is 6.42 Å². The first-order chi connectivity index (χ1) is 11.6. The molecule has 24 heavy (non-hydrogen) atoms. The van der Waals surface area contributed by atoms with Gasteiger partial charge < -0.3 is 10.0 Å². The summed E-state index contributed by atoms with van der Waals surface area (Å²) in [6.07, 6.45) is 3.56. The van der Waals surface area contributed by atoms with Crippen molar-refractivity contribution in [2.24, 2.45) is 0 Å². The molecule has 1 aliphatic heterocycles. The highest BCUT2D eigenvalue weighted by atomic mass is 16.3. The summed E-state index contributed by atoms with van der Waals surface area (Å²) in [4.78, 5) is 19.3. The van der Waals surface area contributed by atoms with E-state index in [1.165, 1.54) is 5.56 Å². The van der Waals surface area contributed by atoms with Crippen LogP contribution < -0.4 is 4.90 Å². The molecule has 1 aromatic heterocycles. The van der Waals surface area contributed by atoms with Gasteiger partial charge in [0.05, 0.1) is 11.1 Å². The molecule has 4 nitrogen and oxygen atoms in total. The zero-order chi connectivity index (χ0) is 16.7. The molecule has 1 atom stereocenters. The van der Waals surface area contributed by atoms with Crippen molar-refractivity contribution in [1.29, 1.82) is 0 Å². The summed E-state index contributed by atoms with van der Waals surface area (Å²) in [6, 6.07) is 15.0. The second kappa shape index (κ2) is 5.64. The summed E-state index contributed by atoms with van der Waals surface area (Å²) in [6.45, 7) is 2.05. The largest absolute Gasteiger partial charge is 0.507 e. The summed E-state index contributed by atoms with van der Waals surface area (Å²) >= 11 is 0. The van der Waals surface area contributed by atoms with Crippen molar-refractivity contribution in [3.63, 3.8) is 0 Å². The van der Waals surface area contributed by atoms with E-state index < -0.39 is 0 Å². The second-order valence-corrected chi connectivity index (χ2v) is 6.26. The van der Waals surface area contributed by atoms with E-state index >= 15 is 0 Å². The topological polar surface area (TPSA) is 53.4 Å². The predicted octanol–water partition coefficient (Wildman–Crippen LogP) is 3.92. The molecule has 4 heteroatoms. The Hall–Kier alpha value is -2.88. The third-order valence-corrected chi connectivity index (χ3v) is 4.69. The number of hydrogen-bond donors (Lipinski definition) is 1. The van der Waals surface area contributed by atoms with Crippen LogP contribution in [0.5, 0.6) is 5.75 Å². The minimum absolute atomic E-state index is 0.00393. The Labute approximate surface area is 140 Å². The monoisotopic (exact) mass is 318 g/mol. The number of aromatic hydroxyl groups is 1. The number of carbonyl (C=O) groups is 1. The second-order valence-electron chi connectivity index (χ2n) is 6.26. The number of phenols is 1. The van der Waals surface area contributed by atoms with E-state index in [0.29, 0.717) is 11.1 Å². The lowest BCUT2D eigenvalue weighted by molar-refractivity contribution is 0.0973. The zero-order valence-electron chi connectivity index (χ0n) is 13.4. The van der Waals surface area contributed by atoms with Gasteiger partial charge in [-0.3, -0.25) is 9.78 Å². The maximum atomic E-state index is 13.2. The average molecular weight is 318 g/mol. The lowest BCUT2D eigenvalue weighted by Gasteiger charge is -2.35. The van der Waals surface area contributed by atoms with Crippen LogP contribution in [0, 0.1) is 0 Å². The highest BCUT2D eigenvalue weighted by Gasteiger charge is 2.30. The number of benzene rings is 2. The lowest BCUT2D eigenvalue weighted by Crippen LogP contribution is -2.42. The molecule has 0 saturated heterocycles. The van der Waals surface area contributed by atoms with Crippen LogP contribution >= 0.6 is 0 Å². The van der Waals surface area contributed by atoms with E-state index in [4.69, 9.17) is 0 Å². The molecular formula is C20H18N2O2. The van der Waals surface area contributed by atoms with Crippen LogP contribution in [0.3, 0.4) is 0 Å². The lowest BCUT2D eigenvalue weighted by atomic mass is 9.95. The van der Waals surface area contributed by atoms with Crippen molar-refractivity contribution in [3.05, 3.63) is 65.9 Å². The summed E-state index contributed by atoms with van der Waals surface area (Å²) in [5.41, 5.74) is 3.10. The molecule has 0 saturated carbocycles. The highest BCUT2D eigenvalue weighted by Crippen LogP contribution is 2.34. The van der Waals surface area contributed by atoms with Gasteiger partial charge in [-0.25, -0.2) is 0 Å². The quantitative estimate of drug-likeness (QED) is 0.740. The molecule has 0 spiro atoms. The van der Waals surface area contributed by atoms with Crippen molar-refractivity contribution in [3.8, 4) is 5.75 Å².